The van der Waals surface area contributed by atoms with Crippen LogP contribution in [0.3, 0.4) is 0 Å². The number of fused-ring (bicyclic) bond motifs is 4. The Balaban J connectivity index is 1.43. The van der Waals surface area contributed by atoms with Crippen molar-refractivity contribution in [3.05, 3.63) is 98.7 Å². The third kappa shape index (κ3) is 5.01. The SMILES string of the molecule is CCCN1C(=O)[C@H]2[C@H](CC=C3[C@H]2C[C@H]2C(=O)N(Nc4ncc(C(F)(F)F)cc4Cl)C(=O)[C@@]2(c2ccc(Cl)cc2)[C@H]3c2ccc(O)c(C)c2)C1=O. The lowest BCUT2D eigenvalue weighted by Crippen LogP contribution is -2.53. The molecule has 7 rings (SSSR count). The molecule has 1 aromatic heterocycles. The summed E-state index contributed by atoms with van der Waals surface area (Å²) in [7, 11) is 0. The molecule has 3 fully saturated rings. The number of nitrogens with zero attached hydrogens (tertiary/aromatic N) is 3. The van der Waals surface area contributed by atoms with E-state index in [0.717, 1.165) is 10.6 Å². The number of nitrogens with one attached hydrogen (secondary N) is 1. The quantitative estimate of drug-likeness (QED) is 0.212. The van der Waals surface area contributed by atoms with Gasteiger partial charge in [0.05, 0.1) is 33.8 Å². The Morgan fingerprint density at radius 3 is 2.36 bits per heavy atom. The average molecular weight is 728 g/mol. The third-order valence-electron chi connectivity index (χ3n) is 10.6. The van der Waals surface area contributed by atoms with Gasteiger partial charge in [-0.2, -0.15) is 18.2 Å². The largest absolute Gasteiger partial charge is 0.508 e. The monoisotopic (exact) mass is 726 g/mol. The number of likely N-dealkylation sites (tertiary alicyclic amines) is 1. The molecule has 2 aliphatic carbocycles. The maximum Gasteiger partial charge on any atom is 0.417 e. The second-order valence-electron chi connectivity index (χ2n) is 13.3. The van der Waals surface area contributed by atoms with Gasteiger partial charge >= 0.3 is 6.18 Å². The molecule has 9 nitrogen and oxygen atoms in total. The van der Waals surface area contributed by atoms with Gasteiger partial charge in [0.15, 0.2) is 5.82 Å². The van der Waals surface area contributed by atoms with E-state index in [1.807, 2.05) is 13.0 Å². The first-order valence-electron chi connectivity index (χ1n) is 16.2. The Morgan fingerprint density at radius 1 is 1.00 bits per heavy atom. The number of anilines is 1. The number of benzene rings is 2. The molecule has 3 aromatic rings. The second-order valence-corrected chi connectivity index (χ2v) is 14.1. The number of imide groups is 2. The molecule has 1 saturated carbocycles. The Bertz CT molecular complexity index is 1990. The summed E-state index contributed by atoms with van der Waals surface area (Å²) >= 11 is 12.5. The maximum absolute atomic E-state index is 15.1. The molecule has 0 radical (unpaired) electrons. The average Bonchev–Trinajstić information content (AvgIpc) is 3.44. The van der Waals surface area contributed by atoms with Crippen LogP contribution in [0.1, 0.15) is 54.4 Å². The molecule has 6 atom stereocenters. The number of pyridine rings is 1. The van der Waals surface area contributed by atoms with Gasteiger partial charge in [0.1, 0.15) is 5.75 Å². The van der Waals surface area contributed by atoms with E-state index in [4.69, 9.17) is 23.2 Å². The van der Waals surface area contributed by atoms with Gasteiger partial charge in [-0.15, -0.1) is 0 Å². The van der Waals surface area contributed by atoms with Gasteiger partial charge in [0.25, 0.3) is 11.8 Å². The van der Waals surface area contributed by atoms with Crippen LogP contribution in [0.15, 0.2) is 66.4 Å². The number of halogens is 5. The molecule has 0 bridgehead atoms. The number of carbonyl (C=O) groups is 4. The highest BCUT2D eigenvalue weighted by Crippen LogP contribution is 2.64. The van der Waals surface area contributed by atoms with Crippen LogP contribution in [-0.2, 0) is 30.8 Å². The summed E-state index contributed by atoms with van der Waals surface area (Å²) in [6.45, 7) is 3.84. The number of amides is 4. The number of allylic oxidation sites excluding steroid dienone is 2. The third-order valence-corrected chi connectivity index (χ3v) is 11.2. The number of aromatic nitrogens is 1. The molecule has 2 N–H and O–H groups in total. The van der Waals surface area contributed by atoms with E-state index in [-0.39, 0.29) is 42.8 Å². The number of phenols is 1. The Labute approximate surface area is 295 Å². The summed E-state index contributed by atoms with van der Waals surface area (Å²) in [6.07, 6.45) is -1.41. The topological polar surface area (TPSA) is 120 Å². The summed E-state index contributed by atoms with van der Waals surface area (Å²) in [5, 5.41) is 11.2. The zero-order valence-corrected chi connectivity index (χ0v) is 28.3. The first-order valence-corrected chi connectivity index (χ1v) is 16.9. The van der Waals surface area contributed by atoms with Crippen LogP contribution in [0.2, 0.25) is 10.0 Å². The second kappa shape index (κ2) is 12.1. The summed E-state index contributed by atoms with van der Waals surface area (Å²) in [5.41, 5.74) is 2.12. The fraction of sp³-hybridized carbons (Fsp3) is 0.361. The zero-order valence-electron chi connectivity index (χ0n) is 26.8. The molecular formula is C36H31Cl2F3N4O5. The predicted octanol–water partition coefficient (Wildman–Crippen LogP) is 6.82. The molecule has 14 heteroatoms. The van der Waals surface area contributed by atoms with Crippen molar-refractivity contribution in [1.29, 1.82) is 0 Å². The van der Waals surface area contributed by atoms with Crippen LogP contribution in [0.4, 0.5) is 19.0 Å². The molecule has 0 unspecified atom stereocenters. The van der Waals surface area contributed by atoms with Crippen molar-refractivity contribution in [2.75, 3.05) is 12.0 Å². The van der Waals surface area contributed by atoms with Crippen molar-refractivity contribution in [3.8, 4) is 5.75 Å². The number of rotatable bonds is 6. The number of alkyl halides is 3. The number of hydrogen-bond donors (Lipinski definition) is 2. The molecule has 2 saturated heterocycles. The summed E-state index contributed by atoms with van der Waals surface area (Å²) in [6, 6.07) is 12.1. The number of phenolic OH excluding ortho intramolecular Hbond substituents is 1. The van der Waals surface area contributed by atoms with Crippen molar-refractivity contribution in [2.24, 2.45) is 23.7 Å². The molecule has 2 aliphatic heterocycles. The number of hydrazine groups is 1. The van der Waals surface area contributed by atoms with E-state index < -0.39 is 63.6 Å². The van der Waals surface area contributed by atoms with Gasteiger partial charge in [0.2, 0.25) is 11.8 Å². The maximum atomic E-state index is 15.1. The smallest absolute Gasteiger partial charge is 0.417 e. The van der Waals surface area contributed by atoms with E-state index in [0.29, 0.717) is 40.4 Å². The predicted molar refractivity (Wildman–Crippen MR) is 177 cm³/mol. The van der Waals surface area contributed by atoms with E-state index in [1.54, 1.807) is 43.3 Å². The molecule has 50 heavy (non-hydrogen) atoms. The van der Waals surface area contributed by atoms with E-state index in [2.05, 4.69) is 10.4 Å². The van der Waals surface area contributed by atoms with Gasteiger partial charge in [-0.25, -0.2) is 4.98 Å². The zero-order chi connectivity index (χ0) is 35.9. The lowest BCUT2D eigenvalue weighted by Gasteiger charge is -2.50. The van der Waals surface area contributed by atoms with Crippen LogP contribution in [0, 0.1) is 30.6 Å². The molecule has 4 aliphatic rings. The van der Waals surface area contributed by atoms with Crippen molar-refractivity contribution in [3.63, 3.8) is 0 Å². The van der Waals surface area contributed by atoms with Crippen LogP contribution in [-0.4, -0.2) is 50.2 Å². The van der Waals surface area contributed by atoms with Gasteiger partial charge in [-0.05, 0) is 73.1 Å². The number of hydrogen-bond acceptors (Lipinski definition) is 7. The van der Waals surface area contributed by atoms with Gasteiger partial charge in [0, 0.05) is 23.7 Å². The van der Waals surface area contributed by atoms with Gasteiger partial charge < -0.3 is 5.11 Å². The van der Waals surface area contributed by atoms with Gasteiger partial charge in [-0.1, -0.05) is 66.0 Å². The highest BCUT2D eigenvalue weighted by molar-refractivity contribution is 6.33. The standard InChI is InChI=1S/C36H31Cl2F3N4O5/c1-3-12-44-31(47)23-10-9-22-24(28(23)33(44)49)15-25-32(48)45(43-30-26(38)14-20(16-42-30)36(39,40)41)34(50)35(25,19-5-7-21(37)8-6-19)29(22)18-4-11-27(46)17(2)13-18/h4-9,11,13-14,16,23-25,28-29,46H,3,10,12,15H2,1-2H3,(H,42,43)/t23-,24+,25-,28-,29-,35+/m0/s1. The lowest BCUT2D eigenvalue weighted by molar-refractivity contribution is -0.141. The Hall–Kier alpha value is -4.42. The molecule has 0 spiro atoms. The first kappa shape index (κ1) is 34.0. The minimum atomic E-state index is -4.73. The van der Waals surface area contributed by atoms with E-state index in [1.165, 1.54) is 11.0 Å². The van der Waals surface area contributed by atoms with E-state index in [9.17, 15) is 32.7 Å². The normalized spacial score (nSPS) is 27.7. The van der Waals surface area contributed by atoms with Crippen molar-refractivity contribution in [1.82, 2.24) is 14.9 Å². The number of aromatic hydroxyl groups is 1. The molecular weight excluding hydrogens is 696 g/mol. The van der Waals surface area contributed by atoms with Crippen LogP contribution < -0.4 is 5.43 Å². The highest BCUT2D eigenvalue weighted by Gasteiger charge is 2.70. The fourth-order valence-corrected chi connectivity index (χ4v) is 8.86. The minimum Gasteiger partial charge on any atom is -0.508 e. The van der Waals surface area contributed by atoms with Crippen molar-refractivity contribution in [2.45, 2.75) is 50.6 Å². The number of aryl methyl sites for hydroxylation is 1. The van der Waals surface area contributed by atoms with Gasteiger partial charge in [-0.3, -0.25) is 29.5 Å². The first-order chi connectivity index (χ1) is 23.7. The lowest BCUT2D eigenvalue weighted by atomic mass is 9.49. The summed E-state index contributed by atoms with van der Waals surface area (Å²) < 4.78 is 40.2. The van der Waals surface area contributed by atoms with E-state index >= 15 is 4.79 Å². The van der Waals surface area contributed by atoms with Crippen LogP contribution >= 0.6 is 23.2 Å². The summed E-state index contributed by atoms with van der Waals surface area (Å²) in [5.74, 6) is -6.27. The fourth-order valence-electron chi connectivity index (χ4n) is 8.53. The van der Waals surface area contributed by atoms with Crippen LogP contribution in [0.5, 0.6) is 5.75 Å². The van der Waals surface area contributed by atoms with Crippen molar-refractivity contribution >= 4 is 52.6 Å². The molecule has 3 heterocycles. The molecule has 4 amide bonds. The number of carbonyl (C=O) groups excluding carboxylic acids is 4. The molecule has 260 valence electrons. The Morgan fingerprint density at radius 2 is 1.72 bits per heavy atom. The van der Waals surface area contributed by atoms with Crippen molar-refractivity contribution < 1.29 is 37.5 Å². The highest BCUT2D eigenvalue weighted by atomic mass is 35.5. The molecule has 2 aromatic carbocycles. The Kier molecular flexibility index (Phi) is 8.25. The van der Waals surface area contributed by atoms with Crippen LogP contribution in [0.25, 0.3) is 0 Å². The summed E-state index contributed by atoms with van der Waals surface area (Å²) in [4.78, 5) is 62.3. The minimum absolute atomic E-state index is 0.0165.